The Morgan fingerprint density at radius 1 is 1.33 bits per heavy atom. The first-order valence-corrected chi connectivity index (χ1v) is 5.43. The molecule has 0 radical (unpaired) electrons. The summed E-state index contributed by atoms with van der Waals surface area (Å²) in [6, 6.07) is 8.64. The predicted molar refractivity (Wildman–Crippen MR) is 63.0 cm³/mol. The molecule has 1 aliphatic heterocycles. The van der Waals surface area contributed by atoms with Crippen LogP contribution in [0.3, 0.4) is 0 Å². The zero-order valence-corrected chi connectivity index (χ0v) is 9.46. The van der Waals surface area contributed by atoms with Gasteiger partial charge in [0.1, 0.15) is 0 Å². The zero-order valence-electron chi connectivity index (χ0n) is 9.46. The second kappa shape index (κ2) is 2.64. The van der Waals surface area contributed by atoms with Crippen molar-refractivity contribution >= 4 is 10.9 Å². The van der Waals surface area contributed by atoms with E-state index in [1.165, 1.54) is 22.2 Å². The number of para-hydroxylation sites is 1. The average molecular weight is 200 g/mol. The first kappa shape index (κ1) is 8.98. The van der Waals surface area contributed by atoms with Gasteiger partial charge < -0.3 is 9.88 Å². The van der Waals surface area contributed by atoms with Gasteiger partial charge in [0.25, 0.3) is 0 Å². The van der Waals surface area contributed by atoms with Gasteiger partial charge in [0.15, 0.2) is 0 Å². The van der Waals surface area contributed by atoms with Gasteiger partial charge in [0.2, 0.25) is 0 Å². The van der Waals surface area contributed by atoms with Gasteiger partial charge in [-0.25, -0.2) is 0 Å². The molecule has 1 atom stereocenters. The summed E-state index contributed by atoms with van der Waals surface area (Å²) in [7, 11) is 2.15. The molecule has 1 aromatic carbocycles. The minimum atomic E-state index is 0.213. The minimum absolute atomic E-state index is 0.213. The van der Waals surface area contributed by atoms with Gasteiger partial charge in [0, 0.05) is 35.8 Å². The lowest BCUT2D eigenvalue weighted by Crippen LogP contribution is -2.08. The van der Waals surface area contributed by atoms with Crippen LogP contribution in [0.25, 0.3) is 10.9 Å². The SMILES string of the molecule is Cc1c(C2(C)CN2)c2ccccc2n1C. The molecule has 15 heavy (non-hydrogen) atoms. The summed E-state index contributed by atoms with van der Waals surface area (Å²) in [4.78, 5) is 0. The Morgan fingerprint density at radius 3 is 2.67 bits per heavy atom. The molecule has 1 aliphatic rings. The van der Waals surface area contributed by atoms with Gasteiger partial charge in [-0.15, -0.1) is 0 Å². The van der Waals surface area contributed by atoms with Crippen LogP contribution in [0.2, 0.25) is 0 Å². The topological polar surface area (TPSA) is 26.9 Å². The number of hydrogen-bond acceptors (Lipinski definition) is 1. The van der Waals surface area contributed by atoms with E-state index in [0.29, 0.717) is 0 Å². The van der Waals surface area contributed by atoms with E-state index in [1.807, 2.05) is 0 Å². The first-order chi connectivity index (χ1) is 7.13. The fourth-order valence-electron chi connectivity index (χ4n) is 2.53. The van der Waals surface area contributed by atoms with Crippen LogP contribution >= 0.6 is 0 Å². The Morgan fingerprint density at radius 2 is 2.00 bits per heavy atom. The highest BCUT2D eigenvalue weighted by Crippen LogP contribution is 2.38. The van der Waals surface area contributed by atoms with Crippen LogP contribution in [0.4, 0.5) is 0 Å². The molecule has 2 aromatic rings. The highest BCUT2D eigenvalue weighted by Gasteiger charge is 2.41. The third-order valence-corrected chi connectivity index (χ3v) is 3.66. The van der Waals surface area contributed by atoms with Crippen LogP contribution in [-0.4, -0.2) is 11.1 Å². The Labute approximate surface area is 89.9 Å². The Bertz CT molecular complexity index is 533. The van der Waals surface area contributed by atoms with Gasteiger partial charge >= 0.3 is 0 Å². The van der Waals surface area contributed by atoms with Crippen LogP contribution < -0.4 is 5.32 Å². The average Bonchev–Trinajstić information content (AvgIpc) is 2.91. The lowest BCUT2D eigenvalue weighted by Gasteiger charge is -2.07. The first-order valence-electron chi connectivity index (χ1n) is 5.43. The van der Waals surface area contributed by atoms with Crippen LogP contribution in [-0.2, 0) is 12.6 Å². The standard InChI is InChI=1S/C13H16N2/c1-9-12(13(2)8-14-13)10-6-4-5-7-11(10)15(9)3/h4-7,14H,8H2,1-3H3. The summed E-state index contributed by atoms with van der Waals surface area (Å²) in [5, 5.41) is 4.85. The Balaban J connectivity index is 2.42. The highest BCUT2D eigenvalue weighted by molar-refractivity contribution is 5.87. The molecule has 0 saturated carbocycles. The Hall–Kier alpha value is -1.28. The molecule has 1 saturated heterocycles. The molecule has 2 heteroatoms. The van der Waals surface area contributed by atoms with Gasteiger partial charge in [-0.05, 0) is 19.9 Å². The third-order valence-electron chi connectivity index (χ3n) is 3.66. The number of benzene rings is 1. The molecular weight excluding hydrogens is 184 g/mol. The summed E-state index contributed by atoms with van der Waals surface area (Å²) in [6.07, 6.45) is 0. The van der Waals surface area contributed by atoms with Crippen molar-refractivity contribution < 1.29 is 0 Å². The van der Waals surface area contributed by atoms with Gasteiger partial charge in [-0.2, -0.15) is 0 Å². The summed E-state index contributed by atoms with van der Waals surface area (Å²) in [5.74, 6) is 0. The van der Waals surface area contributed by atoms with Crippen molar-refractivity contribution in [3.05, 3.63) is 35.5 Å². The van der Waals surface area contributed by atoms with E-state index in [1.54, 1.807) is 0 Å². The maximum Gasteiger partial charge on any atom is 0.0557 e. The third kappa shape index (κ3) is 1.08. The lowest BCUT2D eigenvalue weighted by atomic mass is 9.98. The maximum atomic E-state index is 3.46. The molecule has 3 rings (SSSR count). The minimum Gasteiger partial charge on any atom is -0.348 e. The van der Waals surface area contributed by atoms with Gasteiger partial charge in [-0.3, -0.25) is 0 Å². The van der Waals surface area contributed by atoms with E-state index in [4.69, 9.17) is 0 Å². The van der Waals surface area contributed by atoms with E-state index in [0.717, 1.165) is 6.54 Å². The normalized spacial score (nSPS) is 24.7. The van der Waals surface area contributed by atoms with Crippen molar-refractivity contribution in [1.29, 1.82) is 0 Å². The van der Waals surface area contributed by atoms with Crippen molar-refractivity contribution in [2.24, 2.45) is 7.05 Å². The fraction of sp³-hybridized carbons (Fsp3) is 0.385. The summed E-state index contributed by atoms with van der Waals surface area (Å²) in [6.45, 7) is 5.59. The van der Waals surface area contributed by atoms with Crippen molar-refractivity contribution in [3.8, 4) is 0 Å². The number of nitrogens with zero attached hydrogens (tertiary/aromatic N) is 1. The molecule has 1 aromatic heterocycles. The molecule has 0 spiro atoms. The summed E-state index contributed by atoms with van der Waals surface area (Å²) < 4.78 is 2.29. The smallest absolute Gasteiger partial charge is 0.0557 e. The molecular formula is C13H16N2. The largest absolute Gasteiger partial charge is 0.348 e. The highest BCUT2D eigenvalue weighted by atomic mass is 15.2. The van der Waals surface area contributed by atoms with E-state index in [-0.39, 0.29) is 5.54 Å². The van der Waals surface area contributed by atoms with Crippen LogP contribution in [0.1, 0.15) is 18.2 Å². The number of fused-ring (bicyclic) bond motifs is 1. The van der Waals surface area contributed by atoms with Gasteiger partial charge in [-0.1, -0.05) is 18.2 Å². The molecule has 0 amide bonds. The quantitative estimate of drug-likeness (QED) is 0.703. The number of hydrogen-bond donors (Lipinski definition) is 1. The molecule has 0 aliphatic carbocycles. The molecule has 2 nitrogen and oxygen atoms in total. The van der Waals surface area contributed by atoms with Crippen molar-refractivity contribution in [2.45, 2.75) is 19.4 Å². The monoisotopic (exact) mass is 200 g/mol. The maximum absolute atomic E-state index is 3.46. The zero-order chi connectivity index (χ0) is 10.6. The lowest BCUT2D eigenvalue weighted by molar-refractivity contribution is 0.749. The molecule has 1 unspecified atom stereocenters. The number of rotatable bonds is 1. The molecule has 2 heterocycles. The van der Waals surface area contributed by atoms with Crippen molar-refractivity contribution in [2.75, 3.05) is 6.54 Å². The van der Waals surface area contributed by atoms with Gasteiger partial charge in [0.05, 0.1) is 5.54 Å². The predicted octanol–water partition coefficient (Wildman–Crippen LogP) is 2.31. The van der Waals surface area contributed by atoms with E-state index < -0.39 is 0 Å². The summed E-state index contributed by atoms with van der Waals surface area (Å²) in [5.41, 5.74) is 4.40. The van der Waals surface area contributed by atoms with E-state index in [2.05, 4.69) is 55.0 Å². The molecule has 78 valence electrons. The molecule has 1 fully saturated rings. The number of nitrogens with one attached hydrogen (secondary N) is 1. The number of aromatic nitrogens is 1. The van der Waals surface area contributed by atoms with Crippen LogP contribution in [0.5, 0.6) is 0 Å². The van der Waals surface area contributed by atoms with Crippen molar-refractivity contribution in [1.82, 2.24) is 9.88 Å². The van der Waals surface area contributed by atoms with Crippen molar-refractivity contribution in [3.63, 3.8) is 0 Å². The van der Waals surface area contributed by atoms with E-state index >= 15 is 0 Å². The summed E-state index contributed by atoms with van der Waals surface area (Å²) >= 11 is 0. The van der Waals surface area contributed by atoms with Crippen LogP contribution in [0, 0.1) is 6.92 Å². The van der Waals surface area contributed by atoms with Crippen LogP contribution in [0.15, 0.2) is 24.3 Å². The molecule has 1 N–H and O–H groups in total. The molecule has 0 bridgehead atoms. The Kier molecular flexibility index (Phi) is 1.58. The van der Waals surface area contributed by atoms with E-state index in [9.17, 15) is 0 Å². The fourth-order valence-corrected chi connectivity index (χ4v) is 2.53. The second-order valence-electron chi connectivity index (χ2n) is 4.72. The number of aryl methyl sites for hydroxylation is 1. The second-order valence-corrected chi connectivity index (χ2v) is 4.72.